The van der Waals surface area contributed by atoms with Gasteiger partial charge >= 0.3 is 5.97 Å². The van der Waals surface area contributed by atoms with Crippen molar-refractivity contribution < 1.29 is 14.6 Å². The Morgan fingerprint density at radius 2 is 2.42 bits per heavy atom. The maximum absolute atomic E-state index is 10.9. The summed E-state index contributed by atoms with van der Waals surface area (Å²) < 4.78 is 6.45. The Morgan fingerprint density at radius 1 is 1.63 bits per heavy atom. The van der Waals surface area contributed by atoms with E-state index in [4.69, 9.17) is 9.84 Å². The van der Waals surface area contributed by atoms with Crippen molar-refractivity contribution in [2.45, 2.75) is 38.5 Å². The molecule has 2 rings (SSSR count). The molecule has 1 aliphatic heterocycles. The van der Waals surface area contributed by atoms with Crippen LogP contribution in [0.1, 0.15) is 35.7 Å². The van der Waals surface area contributed by atoms with Gasteiger partial charge in [-0.25, -0.2) is 4.79 Å². The second-order valence-corrected chi connectivity index (χ2v) is 5.69. The molecule has 0 saturated carbocycles. The summed E-state index contributed by atoms with van der Waals surface area (Å²) >= 11 is 3.41. The zero-order valence-corrected chi connectivity index (χ0v) is 12.4. The van der Waals surface area contributed by atoms with Crippen molar-refractivity contribution in [3.63, 3.8) is 0 Å². The minimum absolute atomic E-state index is 0.289. The Balaban J connectivity index is 1.93. The molecule has 1 saturated heterocycles. The van der Waals surface area contributed by atoms with Crippen LogP contribution in [-0.2, 0) is 11.3 Å². The fourth-order valence-electron chi connectivity index (χ4n) is 2.22. The van der Waals surface area contributed by atoms with E-state index in [0.29, 0.717) is 18.2 Å². The maximum atomic E-state index is 10.9. The summed E-state index contributed by atoms with van der Waals surface area (Å²) in [5.74, 6) is -0.909. The molecule has 19 heavy (non-hydrogen) atoms. The van der Waals surface area contributed by atoms with Crippen LogP contribution < -0.4 is 5.32 Å². The molecule has 1 heterocycles. The summed E-state index contributed by atoms with van der Waals surface area (Å²) in [6.07, 6.45) is 2.53. The first-order valence-electron chi connectivity index (χ1n) is 6.44. The van der Waals surface area contributed by atoms with Crippen molar-refractivity contribution in [2.75, 3.05) is 6.61 Å². The summed E-state index contributed by atoms with van der Waals surface area (Å²) in [7, 11) is 0. The van der Waals surface area contributed by atoms with Crippen LogP contribution >= 0.6 is 15.9 Å². The molecular formula is C14H18BrNO3. The minimum atomic E-state index is -0.909. The van der Waals surface area contributed by atoms with Gasteiger partial charge in [-0.15, -0.1) is 0 Å². The molecule has 4 nitrogen and oxygen atoms in total. The SMILES string of the molecule is CC(NCc1ccc(C(=O)O)cc1Br)C1CCCO1. The number of ether oxygens (including phenoxy) is 1. The van der Waals surface area contributed by atoms with Crippen LogP contribution in [0.25, 0.3) is 0 Å². The second kappa shape index (κ2) is 6.50. The molecule has 0 radical (unpaired) electrons. The smallest absolute Gasteiger partial charge is 0.335 e. The summed E-state index contributed by atoms with van der Waals surface area (Å²) in [5.41, 5.74) is 1.35. The number of carboxylic acid groups (broad SMARTS) is 1. The maximum Gasteiger partial charge on any atom is 0.335 e. The standard InChI is InChI=1S/C14H18BrNO3/c1-9(13-3-2-6-19-13)16-8-11-5-4-10(14(17)18)7-12(11)15/h4-5,7,9,13,16H,2-3,6,8H2,1H3,(H,17,18). The second-order valence-electron chi connectivity index (χ2n) is 4.83. The van der Waals surface area contributed by atoms with Crippen LogP contribution in [0.3, 0.4) is 0 Å². The molecule has 1 aliphatic rings. The van der Waals surface area contributed by atoms with E-state index in [9.17, 15) is 4.79 Å². The average Bonchev–Trinajstić information content (AvgIpc) is 2.90. The van der Waals surface area contributed by atoms with E-state index >= 15 is 0 Å². The third-order valence-electron chi connectivity index (χ3n) is 3.44. The highest BCUT2D eigenvalue weighted by molar-refractivity contribution is 9.10. The molecule has 1 fully saturated rings. The number of benzene rings is 1. The number of halogens is 1. The number of carboxylic acids is 1. The fourth-order valence-corrected chi connectivity index (χ4v) is 2.74. The van der Waals surface area contributed by atoms with Gasteiger partial charge < -0.3 is 15.2 Å². The van der Waals surface area contributed by atoms with Gasteiger partial charge in [0.2, 0.25) is 0 Å². The predicted octanol–water partition coefficient (Wildman–Crippen LogP) is 2.80. The van der Waals surface area contributed by atoms with E-state index in [1.54, 1.807) is 12.1 Å². The summed E-state index contributed by atoms with van der Waals surface area (Å²) in [4.78, 5) is 10.9. The molecule has 1 aromatic rings. The third-order valence-corrected chi connectivity index (χ3v) is 4.18. The molecule has 5 heteroatoms. The van der Waals surface area contributed by atoms with E-state index in [0.717, 1.165) is 29.5 Å². The van der Waals surface area contributed by atoms with E-state index in [1.165, 1.54) is 0 Å². The summed E-state index contributed by atoms with van der Waals surface area (Å²) in [6, 6.07) is 5.40. The number of nitrogens with one attached hydrogen (secondary N) is 1. The van der Waals surface area contributed by atoms with Crippen LogP contribution in [0.5, 0.6) is 0 Å². The molecule has 0 bridgehead atoms. The first-order valence-corrected chi connectivity index (χ1v) is 7.24. The van der Waals surface area contributed by atoms with Gasteiger partial charge in [0.25, 0.3) is 0 Å². The van der Waals surface area contributed by atoms with Crippen LogP contribution in [0.4, 0.5) is 0 Å². The first kappa shape index (κ1) is 14.5. The van der Waals surface area contributed by atoms with E-state index in [2.05, 4.69) is 28.2 Å². The molecule has 2 atom stereocenters. The van der Waals surface area contributed by atoms with Crippen LogP contribution in [-0.4, -0.2) is 29.8 Å². The Hall–Kier alpha value is -0.910. The van der Waals surface area contributed by atoms with Crippen molar-refractivity contribution in [1.82, 2.24) is 5.32 Å². The van der Waals surface area contributed by atoms with E-state index in [1.807, 2.05) is 6.07 Å². The summed E-state index contributed by atoms with van der Waals surface area (Å²) in [5, 5.41) is 12.3. The number of hydrogen-bond acceptors (Lipinski definition) is 3. The zero-order chi connectivity index (χ0) is 13.8. The Morgan fingerprint density at radius 3 is 3.00 bits per heavy atom. The van der Waals surface area contributed by atoms with Gasteiger partial charge in [0.1, 0.15) is 0 Å². The van der Waals surface area contributed by atoms with Gasteiger partial charge in [-0.3, -0.25) is 0 Å². The lowest BCUT2D eigenvalue weighted by Gasteiger charge is -2.20. The van der Waals surface area contributed by atoms with Gasteiger partial charge in [-0.2, -0.15) is 0 Å². The Kier molecular flexibility index (Phi) is 4.96. The molecule has 1 aromatic carbocycles. The van der Waals surface area contributed by atoms with Crippen LogP contribution in [0.2, 0.25) is 0 Å². The number of aromatic carboxylic acids is 1. The molecule has 2 unspecified atom stereocenters. The van der Waals surface area contributed by atoms with Crippen molar-refractivity contribution >= 4 is 21.9 Å². The highest BCUT2D eigenvalue weighted by Gasteiger charge is 2.21. The van der Waals surface area contributed by atoms with Crippen molar-refractivity contribution in [2.24, 2.45) is 0 Å². The highest BCUT2D eigenvalue weighted by atomic mass is 79.9. The number of hydrogen-bond donors (Lipinski definition) is 2. The molecule has 0 amide bonds. The Labute approximate surface area is 121 Å². The average molecular weight is 328 g/mol. The van der Waals surface area contributed by atoms with Gasteiger partial charge in [0.15, 0.2) is 0 Å². The predicted molar refractivity (Wildman–Crippen MR) is 76.4 cm³/mol. The topological polar surface area (TPSA) is 58.6 Å². The third kappa shape index (κ3) is 3.78. The quantitative estimate of drug-likeness (QED) is 0.873. The lowest BCUT2D eigenvalue weighted by atomic mass is 10.1. The molecule has 104 valence electrons. The van der Waals surface area contributed by atoms with Crippen molar-refractivity contribution in [1.29, 1.82) is 0 Å². The molecule has 0 aliphatic carbocycles. The normalized spacial score (nSPS) is 20.4. The zero-order valence-electron chi connectivity index (χ0n) is 10.9. The van der Waals surface area contributed by atoms with Gasteiger partial charge in [0.05, 0.1) is 11.7 Å². The summed E-state index contributed by atoms with van der Waals surface area (Å²) in [6.45, 7) is 3.67. The monoisotopic (exact) mass is 327 g/mol. The minimum Gasteiger partial charge on any atom is -0.478 e. The van der Waals surface area contributed by atoms with Crippen molar-refractivity contribution in [3.05, 3.63) is 33.8 Å². The molecule has 2 N–H and O–H groups in total. The van der Waals surface area contributed by atoms with Crippen LogP contribution in [0, 0.1) is 0 Å². The number of rotatable bonds is 5. The van der Waals surface area contributed by atoms with Gasteiger partial charge in [0, 0.05) is 23.7 Å². The Bertz CT molecular complexity index is 458. The lowest BCUT2D eigenvalue weighted by Crippen LogP contribution is -2.36. The van der Waals surface area contributed by atoms with E-state index in [-0.39, 0.29) is 6.10 Å². The molecule has 0 aromatic heterocycles. The number of carbonyl (C=O) groups is 1. The van der Waals surface area contributed by atoms with Crippen LogP contribution in [0.15, 0.2) is 22.7 Å². The molecule has 0 spiro atoms. The van der Waals surface area contributed by atoms with Gasteiger partial charge in [-0.1, -0.05) is 22.0 Å². The van der Waals surface area contributed by atoms with Gasteiger partial charge in [-0.05, 0) is 37.5 Å². The molecular weight excluding hydrogens is 310 g/mol. The van der Waals surface area contributed by atoms with E-state index < -0.39 is 5.97 Å². The van der Waals surface area contributed by atoms with Crippen molar-refractivity contribution in [3.8, 4) is 0 Å². The largest absolute Gasteiger partial charge is 0.478 e. The first-order chi connectivity index (χ1) is 9.08. The lowest BCUT2D eigenvalue weighted by molar-refractivity contribution is 0.0697. The highest BCUT2D eigenvalue weighted by Crippen LogP contribution is 2.20. The fraction of sp³-hybridized carbons (Fsp3) is 0.500.